The van der Waals surface area contributed by atoms with E-state index in [2.05, 4.69) is 10.6 Å². The smallest absolute Gasteiger partial charge is 0.321 e. The van der Waals surface area contributed by atoms with Gasteiger partial charge in [-0.05, 0) is 26.7 Å². The van der Waals surface area contributed by atoms with Crippen LogP contribution in [0.15, 0.2) is 0 Å². The molecule has 3 amide bonds. The zero-order chi connectivity index (χ0) is 15.5. The van der Waals surface area contributed by atoms with E-state index in [1.807, 2.05) is 27.7 Å². The molecule has 0 radical (unpaired) electrons. The van der Waals surface area contributed by atoms with E-state index < -0.39 is 29.4 Å². The van der Waals surface area contributed by atoms with E-state index >= 15 is 0 Å². The second kappa shape index (κ2) is 6.21. The monoisotopic (exact) mass is 285 g/mol. The minimum absolute atomic E-state index is 0.00343. The first-order valence-electron chi connectivity index (χ1n) is 6.65. The van der Waals surface area contributed by atoms with E-state index in [1.165, 1.54) is 0 Å². The first-order chi connectivity index (χ1) is 9.08. The topological polar surface area (TPSA) is 98.7 Å². The number of nitrogens with zero attached hydrogens (tertiary/aromatic N) is 1. The second-order valence-electron chi connectivity index (χ2n) is 6.37. The van der Waals surface area contributed by atoms with Gasteiger partial charge in [0.2, 0.25) is 5.91 Å². The van der Waals surface area contributed by atoms with Gasteiger partial charge in [-0.1, -0.05) is 6.92 Å². The molecule has 0 aliphatic carbocycles. The normalized spacial score (nSPS) is 23.4. The Bertz CT molecular complexity index is 403. The molecule has 1 aliphatic heterocycles. The summed E-state index contributed by atoms with van der Waals surface area (Å²) >= 11 is 0. The highest BCUT2D eigenvalue weighted by Crippen LogP contribution is 2.22. The van der Waals surface area contributed by atoms with Gasteiger partial charge >= 0.3 is 12.0 Å². The van der Waals surface area contributed by atoms with Crippen molar-refractivity contribution in [2.75, 3.05) is 19.6 Å². The van der Waals surface area contributed by atoms with Gasteiger partial charge in [-0.2, -0.15) is 0 Å². The van der Waals surface area contributed by atoms with E-state index in [4.69, 9.17) is 5.11 Å². The molecule has 7 heteroatoms. The standard InChI is InChI=1S/C13H23N3O4/c1-8-5-16(6-9(8)11(18)19)7-10(17)14-12(20)15-13(2,3)4/h8-9H,5-7H2,1-4H3,(H,18,19)(H2,14,15,17,20). The van der Waals surface area contributed by atoms with Crippen molar-refractivity contribution < 1.29 is 19.5 Å². The van der Waals surface area contributed by atoms with Crippen molar-refractivity contribution in [2.24, 2.45) is 11.8 Å². The van der Waals surface area contributed by atoms with Gasteiger partial charge in [-0.15, -0.1) is 0 Å². The van der Waals surface area contributed by atoms with Crippen LogP contribution in [0, 0.1) is 11.8 Å². The minimum Gasteiger partial charge on any atom is -0.481 e. The van der Waals surface area contributed by atoms with Crippen molar-refractivity contribution in [2.45, 2.75) is 33.2 Å². The zero-order valence-corrected chi connectivity index (χ0v) is 12.4. The van der Waals surface area contributed by atoms with Crippen LogP contribution in [0.5, 0.6) is 0 Å². The van der Waals surface area contributed by atoms with Crippen molar-refractivity contribution >= 4 is 17.9 Å². The molecule has 2 atom stereocenters. The predicted octanol–water partition coefficient (Wildman–Crippen LogP) is 0.263. The van der Waals surface area contributed by atoms with Crippen LogP contribution in [0.3, 0.4) is 0 Å². The van der Waals surface area contributed by atoms with Gasteiger partial charge in [0.05, 0.1) is 12.5 Å². The Kier molecular flexibility index (Phi) is 5.10. The number of nitrogens with one attached hydrogen (secondary N) is 2. The highest BCUT2D eigenvalue weighted by atomic mass is 16.4. The van der Waals surface area contributed by atoms with Crippen molar-refractivity contribution in [3.8, 4) is 0 Å². The summed E-state index contributed by atoms with van der Waals surface area (Å²) in [6, 6.07) is -0.537. The maximum atomic E-state index is 11.7. The van der Waals surface area contributed by atoms with Crippen molar-refractivity contribution in [3.05, 3.63) is 0 Å². The molecule has 1 heterocycles. The number of carboxylic acid groups (broad SMARTS) is 1. The number of hydrogen-bond donors (Lipinski definition) is 3. The number of carboxylic acids is 1. The average molecular weight is 285 g/mol. The lowest BCUT2D eigenvalue weighted by Gasteiger charge is -2.21. The molecule has 1 rings (SSSR count). The molecule has 0 bridgehead atoms. The fourth-order valence-corrected chi connectivity index (χ4v) is 2.26. The first-order valence-corrected chi connectivity index (χ1v) is 6.65. The van der Waals surface area contributed by atoms with Crippen LogP contribution >= 0.6 is 0 Å². The molecule has 0 aromatic heterocycles. The SMILES string of the molecule is CC1CN(CC(=O)NC(=O)NC(C)(C)C)CC1C(=O)O. The van der Waals surface area contributed by atoms with E-state index in [0.29, 0.717) is 13.1 Å². The minimum atomic E-state index is -0.842. The van der Waals surface area contributed by atoms with Gasteiger partial charge in [-0.3, -0.25) is 19.8 Å². The molecular weight excluding hydrogens is 262 g/mol. The van der Waals surface area contributed by atoms with Gasteiger partial charge in [0, 0.05) is 18.6 Å². The van der Waals surface area contributed by atoms with E-state index in [-0.39, 0.29) is 12.5 Å². The van der Waals surface area contributed by atoms with Gasteiger partial charge in [0.1, 0.15) is 0 Å². The van der Waals surface area contributed by atoms with E-state index in [0.717, 1.165) is 0 Å². The predicted molar refractivity (Wildman–Crippen MR) is 73.2 cm³/mol. The Balaban J connectivity index is 2.41. The molecule has 1 fully saturated rings. The number of amides is 3. The van der Waals surface area contributed by atoms with Gasteiger partial charge < -0.3 is 10.4 Å². The van der Waals surface area contributed by atoms with E-state index in [1.54, 1.807) is 4.90 Å². The summed E-state index contributed by atoms with van der Waals surface area (Å²) in [5.41, 5.74) is -0.416. The third-order valence-corrected chi connectivity index (χ3v) is 3.11. The number of urea groups is 1. The lowest BCUT2D eigenvalue weighted by molar-refractivity contribution is -0.142. The van der Waals surface area contributed by atoms with E-state index in [9.17, 15) is 14.4 Å². The number of rotatable bonds is 3. The summed E-state index contributed by atoms with van der Waals surface area (Å²) < 4.78 is 0. The molecule has 7 nitrogen and oxygen atoms in total. The Morgan fingerprint density at radius 1 is 1.25 bits per heavy atom. The summed E-state index contributed by atoms with van der Waals surface area (Å²) in [4.78, 5) is 36.0. The quantitative estimate of drug-likeness (QED) is 0.691. The Morgan fingerprint density at radius 3 is 2.30 bits per heavy atom. The molecule has 20 heavy (non-hydrogen) atoms. The van der Waals surface area contributed by atoms with Crippen molar-refractivity contribution in [1.29, 1.82) is 0 Å². The largest absolute Gasteiger partial charge is 0.481 e. The number of carbonyl (C=O) groups excluding carboxylic acids is 2. The zero-order valence-electron chi connectivity index (χ0n) is 12.4. The molecule has 0 aromatic rings. The molecular formula is C13H23N3O4. The summed E-state index contributed by atoms with van der Waals surface area (Å²) in [6.45, 7) is 8.22. The third kappa shape index (κ3) is 5.16. The number of carbonyl (C=O) groups is 3. The Labute approximate surface area is 118 Å². The highest BCUT2D eigenvalue weighted by Gasteiger charge is 2.35. The number of likely N-dealkylation sites (tertiary alicyclic amines) is 1. The van der Waals surface area contributed by atoms with Gasteiger partial charge in [0.25, 0.3) is 0 Å². The van der Waals surface area contributed by atoms with Crippen molar-refractivity contribution in [1.82, 2.24) is 15.5 Å². The summed E-state index contributed by atoms with van der Waals surface area (Å²) in [5.74, 6) is -1.72. The second-order valence-corrected chi connectivity index (χ2v) is 6.37. The molecule has 0 spiro atoms. The number of hydrogen-bond acceptors (Lipinski definition) is 4. The average Bonchev–Trinajstić information content (AvgIpc) is 2.55. The van der Waals surface area contributed by atoms with Crippen LogP contribution in [0.2, 0.25) is 0 Å². The van der Waals surface area contributed by atoms with Crippen LogP contribution in [0.4, 0.5) is 4.79 Å². The number of imide groups is 1. The van der Waals surface area contributed by atoms with Crippen LogP contribution in [0.25, 0.3) is 0 Å². The fourth-order valence-electron chi connectivity index (χ4n) is 2.26. The maximum Gasteiger partial charge on any atom is 0.321 e. The van der Waals surface area contributed by atoms with Gasteiger partial charge in [0.15, 0.2) is 0 Å². The molecule has 114 valence electrons. The third-order valence-electron chi connectivity index (χ3n) is 3.11. The fraction of sp³-hybridized carbons (Fsp3) is 0.769. The highest BCUT2D eigenvalue weighted by molar-refractivity contribution is 5.95. The first kappa shape index (κ1) is 16.4. The van der Waals surface area contributed by atoms with Crippen molar-refractivity contribution in [3.63, 3.8) is 0 Å². The van der Waals surface area contributed by atoms with Crippen LogP contribution < -0.4 is 10.6 Å². The molecule has 0 saturated carbocycles. The number of aliphatic carboxylic acids is 1. The maximum absolute atomic E-state index is 11.7. The summed E-state index contributed by atoms with van der Waals surface area (Å²) in [7, 11) is 0. The van der Waals surface area contributed by atoms with Crippen LogP contribution in [0.1, 0.15) is 27.7 Å². The molecule has 1 aliphatic rings. The summed E-state index contributed by atoms with van der Waals surface area (Å²) in [5, 5.41) is 13.9. The molecule has 0 aromatic carbocycles. The Morgan fingerprint density at radius 2 is 1.85 bits per heavy atom. The molecule has 2 unspecified atom stereocenters. The van der Waals surface area contributed by atoms with Crippen LogP contribution in [-0.2, 0) is 9.59 Å². The van der Waals surface area contributed by atoms with Gasteiger partial charge in [-0.25, -0.2) is 4.79 Å². The summed E-state index contributed by atoms with van der Waals surface area (Å²) in [6.07, 6.45) is 0. The van der Waals surface area contributed by atoms with Crippen LogP contribution in [-0.4, -0.2) is 53.1 Å². The Hall–Kier alpha value is -1.63. The lowest BCUT2D eigenvalue weighted by atomic mass is 9.99. The molecule has 1 saturated heterocycles. The lowest BCUT2D eigenvalue weighted by Crippen LogP contribution is -2.50. The molecule has 3 N–H and O–H groups in total.